The van der Waals surface area contributed by atoms with Crippen LogP contribution in [0.5, 0.6) is 5.75 Å². The average Bonchev–Trinajstić information content (AvgIpc) is 2.41. The van der Waals surface area contributed by atoms with Crippen molar-refractivity contribution in [3.05, 3.63) is 28.2 Å². The maximum Gasteiger partial charge on any atom is 0.138 e. The quantitative estimate of drug-likeness (QED) is 0.902. The fourth-order valence-electron chi connectivity index (χ4n) is 2.79. The molecule has 0 amide bonds. The third-order valence-corrected chi connectivity index (χ3v) is 4.53. The Labute approximate surface area is 118 Å². The first-order valence-corrected chi connectivity index (χ1v) is 7.69. The van der Waals surface area contributed by atoms with Gasteiger partial charge in [0, 0.05) is 12.1 Å². The molecular weight excluding hydrogens is 290 g/mol. The monoisotopic (exact) mass is 311 g/mol. The van der Waals surface area contributed by atoms with Crippen molar-refractivity contribution in [3.63, 3.8) is 0 Å². The summed E-state index contributed by atoms with van der Waals surface area (Å²) in [5, 5.41) is 0. The van der Waals surface area contributed by atoms with Gasteiger partial charge < -0.3 is 10.5 Å². The second-order valence-corrected chi connectivity index (χ2v) is 5.90. The molecule has 2 atom stereocenters. The number of ether oxygens (including phenoxy) is 1. The van der Waals surface area contributed by atoms with E-state index in [4.69, 9.17) is 10.5 Å². The largest absolute Gasteiger partial charge is 0.489 e. The van der Waals surface area contributed by atoms with Gasteiger partial charge in [-0.1, -0.05) is 25.5 Å². The van der Waals surface area contributed by atoms with Crippen LogP contribution in [-0.4, -0.2) is 6.10 Å². The topological polar surface area (TPSA) is 35.2 Å². The molecule has 1 aromatic rings. The summed E-state index contributed by atoms with van der Waals surface area (Å²) in [5.41, 5.74) is 6.88. The minimum atomic E-state index is 0.354. The Bertz CT molecular complexity index is 394. The maximum absolute atomic E-state index is 6.28. The van der Waals surface area contributed by atoms with Gasteiger partial charge in [-0.2, -0.15) is 0 Å². The molecule has 0 heterocycles. The summed E-state index contributed by atoms with van der Waals surface area (Å²) in [7, 11) is 0. The highest BCUT2D eigenvalue weighted by molar-refractivity contribution is 9.10. The second-order valence-electron chi connectivity index (χ2n) is 5.04. The van der Waals surface area contributed by atoms with Gasteiger partial charge in [-0.15, -0.1) is 0 Å². The number of nitrogens with two attached hydrogens (primary N) is 1. The van der Waals surface area contributed by atoms with E-state index in [1.54, 1.807) is 0 Å². The van der Waals surface area contributed by atoms with Crippen molar-refractivity contribution < 1.29 is 4.74 Å². The van der Waals surface area contributed by atoms with Gasteiger partial charge in [0.05, 0.1) is 4.47 Å². The Kier molecular flexibility index (Phi) is 5.07. The normalized spacial score (nSPS) is 23.9. The first kappa shape index (κ1) is 13.9. The average molecular weight is 312 g/mol. The summed E-state index contributed by atoms with van der Waals surface area (Å²) in [6.45, 7) is 2.79. The molecular formula is C15H22BrNO. The lowest BCUT2D eigenvalue weighted by molar-refractivity contribution is 0.0887. The minimum absolute atomic E-state index is 0.354. The van der Waals surface area contributed by atoms with Crippen LogP contribution in [0.25, 0.3) is 0 Å². The molecule has 0 bridgehead atoms. The molecule has 0 aromatic heterocycles. The Hall–Kier alpha value is -0.540. The number of rotatable bonds is 4. The van der Waals surface area contributed by atoms with E-state index in [9.17, 15) is 0 Å². The van der Waals surface area contributed by atoms with Crippen molar-refractivity contribution in [3.8, 4) is 5.75 Å². The summed E-state index contributed by atoms with van der Waals surface area (Å²) in [6, 6.07) is 6.08. The van der Waals surface area contributed by atoms with E-state index in [1.165, 1.54) is 32.1 Å². The van der Waals surface area contributed by atoms with Gasteiger partial charge in [-0.3, -0.25) is 0 Å². The Morgan fingerprint density at radius 1 is 1.33 bits per heavy atom. The van der Waals surface area contributed by atoms with Gasteiger partial charge in [0.25, 0.3) is 0 Å². The van der Waals surface area contributed by atoms with Crippen LogP contribution < -0.4 is 10.5 Å². The van der Waals surface area contributed by atoms with Gasteiger partial charge in [0.15, 0.2) is 0 Å². The van der Waals surface area contributed by atoms with Crippen molar-refractivity contribution in [1.82, 2.24) is 0 Å². The number of hydrogen-bond acceptors (Lipinski definition) is 2. The van der Waals surface area contributed by atoms with Crippen LogP contribution in [0.1, 0.15) is 44.6 Å². The highest BCUT2D eigenvalue weighted by atomic mass is 79.9. The van der Waals surface area contributed by atoms with E-state index in [0.29, 0.717) is 18.6 Å². The van der Waals surface area contributed by atoms with E-state index in [2.05, 4.69) is 22.9 Å². The molecule has 3 heteroatoms. The third-order valence-electron chi connectivity index (χ3n) is 3.90. The second kappa shape index (κ2) is 6.58. The summed E-state index contributed by atoms with van der Waals surface area (Å²) in [5.74, 6) is 1.64. The number of para-hydroxylation sites is 1. The van der Waals surface area contributed by atoms with Crippen LogP contribution in [0.3, 0.4) is 0 Å². The molecule has 2 N–H and O–H groups in total. The Morgan fingerprint density at radius 3 is 2.83 bits per heavy atom. The van der Waals surface area contributed by atoms with Crippen LogP contribution in [0.15, 0.2) is 22.7 Å². The first-order chi connectivity index (χ1) is 8.76. The first-order valence-electron chi connectivity index (χ1n) is 6.90. The van der Waals surface area contributed by atoms with Gasteiger partial charge >= 0.3 is 0 Å². The zero-order chi connectivity index (χ0) is 13.0. The highest BCUT2D eigenvalue weighted by Gasteiger charge is 2.26. The van der Waals surface area contributed by atoms with Crippen LogP contribution in [0.2, 0.25) is 0 Å². The molecule has 100 valence electrons. The van der Waals surface area contributed by atoms with E-state index in [1.807, 2.05) is 18.2 Å². The fourth-order valence-corrected chi connectivity index (χ4v) is 3.29. The Balaban J connectivity index is 2.17. The van der Waals surface area contributed by atoms with Crippen molar-refractivity contribution >= 4 is 15.9 Å². The lowest BCUT2D eigenvalue weighted by Gasteiger charge is -2.32. The summed E-state index contributed by atoms with van der Waals surface area (Å²) in [4.78, 5) is 0. The molecule has 0 radical (unpaired) electrons. The van der Waals surface area contributed by atoms with Crippen LogP contribution >= 0.6 is 15.9 Å². The van der Waals surface area contributed by atoms with Crippen LogP contribution in [0, 0.1) is 5.92 Å². The van der Waals surface area contributed by atoms with Gasteiger partial charge in [-0.05, 0) is 53.6 Å². The molecule has 1 fully saturated rings. The summed E-state index contributed by atoms with van der Waals surface area (Å²) in [6.07, 6.45) is 6.65. The van der Waals surface area contributed by atoms with Crippen molar-refractivity contribution in [1.29, 1.82) is 0 Å². The summed E-state index contributed by atoms with van der Waals surface area (Å²) >= 11 is 3.58. The minimum Gasteiger partial charge on any atom is -0.489 e. The van der Waals surface area contributed by atoms with E-state index in [-0.39, 0.29) is 0 Å². The van der Waals surface area contributed by atoms with Crippen LogP contribution in [0.4, 0.5) is 0 Å². The van der Waals surface area contributed by atoms with E-state index in [0.717, 1.165) is 15.8 Å². The van der Waals surface area contributed by atoms with E-state index >= 15 is 0 Å². The SMILES string of the molecule is CCC1CCCCC1Oc1c(Br)cccc1CN. The Morgan fingerprint density at radius 2 is 2.11 bits per heavy atom. The van der Waals surface area contributed by atoms with Gasteiger partial charge in [-0.25, -0.2) is 0 Å². The van der Waals surface area contributed by atoms with Crippen molar-refractivity contribution in [2.45, 2.75) is 51.7 Å². The molecule has 1 aliphatic carbocycles. The summed E-state index contributed by atoms with van der Waals surface area (Å²) < 4.78 is 7.30. The molecule has 0 saturated heterocycles. The molecule has 0 spiro atoms. The number of hydrogen-bond donors (Lipinski definition) is 1. The van der Waals surface area contributed by atoms with E-state index < -0.39 is 0 Å². The van der Waals surface area contributed by atoms with Gasteiger partial charge in [0.1, 0.15) is 11.9 Å². The maximum atomic E-state index is 6.28. The fraction of sp³-hybridized carbons (Fsp3) is 0.600. The predicted octanol–water partition coefficient (Wildman–Crippen LogP) is 4.26. The van der Waals surface area contributed by atoms with Crippen LogP contribution in [-0.2, 0) is 6.54 Å². The lowest BCUT2D eigenvalue weighted by Crippen LogP contribution is -2.30. The zero-order valence-corrected chi connectivity index (χ0v) is 12.6. The number of halogens is 1. The molecule has 2 unspecified atom stereocenters. The molecule has 18 heavy (non-hydrogen) atoms. The molecule has 0 aliphatic heterocycles. The standard InChI is InChI=1S/C15H22BrNO/c1-2-11-6-3-4-9-14(11)18-15-12(10-17)7-5-8-13(15)16/h5,7-8,11,14H,2-4,6,9-10,17H2,1H3. The lowest BCUT2D eigenvalue weighted by atomic mass is 9.84. The third kappa shape index (κ3) is 3.07. The molecule has 1 aliphatic rings. The van der Waals surface area contributed by atoms with Gasteiger partial charge in [0.2, 0.25) is 0 Å². The predicted molar refractivity (Wildman–Crippen MR) is 78.7 cm³/mol. The highest BCUT2D eigenvalue weighted by Crippen LogP contribution is 2.35. The van der Waals surface area contributed by atoms with Crippen molar-refractivity contribution in [2.24, 2.45) is 11.7 Å². The smallest absolute Gasteiger partial charge is 0.138 e. The molecule has 1 saturated carbocycles. The molecule has 1 aromatic carbocycles. The van der Waals surface area contributed by atoms with Crippen molar-refractivity contribution in [2.75, 3.05) is 0 Å². The zero-order valence-electron chi connectivity index (χ0n) is 11.0. The molecule has 2 nitrogen and oxygen atoms in total. The molecule has 2 rings (SSSR count). The number of benzene rings is 1.